The van der Waals surface area contributed by atoms with Crippen LogP contribution in [-0.4, -0.2) is 72.8 Å². The number of hydrogen-bond acceptors (Lipinski definition) is 6. The number of hydrogen-bond donors (Lipinski definition) is 4. The van der Waals surface area contributed by atoms with Crippen LogP contribution in [0.5, 0.6) is 5.75 Å². The molecule has 1 aliphatic heterocycles. The van der Waals surface area contributed by atoms with Crippen LogP contribution in [0, 0.1) is 0 Å². The van der Waals surface area contributed by atoms with Gasteiger partial charge in [0.15, 0.2) is 0 Å². The van der Waals surface area contributed by atoms with Crippen LogP contribution in [-0.2, 0) is 4.79 Å². The Bertz CT molecular complexity index is 667. The van der Waals surface area contributed by atoms with Crippen LogP contribution in [0.4, 0.5) is 0 Å². The van der Waals surface area contributed by atoms with Gasteiger partial charge in [0.2, 0.25) is 5.91 Å². The summed E-state index contributed by atoms with van der Waals surface area (Å²) >= 11 is 0. The minimum atomic E-state index is -0.692. The first-order valence-electron chi connectivity index (χ1n) is 10.0. The summed E-state index contributed by atoms with van der Waals surface area (Å²) in [4.78, 5) is 26.3. The lowest BCUT2D eigenvalue weighted by atomic mass is 9.86. The number of aliphatic hydroxyl groups is 1. The van der Waals surface area contributed by atoms with Gasteiger partial charge in [-0.05, 0) is 56.5 Å². The molecular formula is C20H30N4O4. The number of rotatable bonds is 7. The maximum atomic E-state index is 12.6. The summed E-state index contributed by atoms with van der Waals surface area (Å²) < 4.78 is 5.55. The monoisotopic (exact) mass is 390 g/mol. The molecular weight excluding hydrogens is 360 g/mol. The van der Waals surface area contributed by atoms with Crippen LogP contribution in [0.2, 0.25) is 0 Å². The molecule has 0 bridgehead atoms. The molecule has 0 aromatic heterocycles. The topological polar surface area (TPSA) is 117 Å². The first kappa shape index (κ1) is 20.6. The first-order valence-corrected chi connectivity index (χ1v) is 10.0. The lowest BCUT2D eigenvalue weighted by Crippen LogP contribution is -2.60. The van der Waals surface area contributed by atoms with Gasteiger partial charge in [0.1, 0.15) is 5.75 Å². The number of aliphatic hydroxyl groups excluding tert-OH is 1. The van der Waals surface area contributed by atoms with Gasteiger partial charge < -0.3 is 26.2 Å². The Balaban J connectivity index is 1.56. The van der Waals surface area contributed by atoms with E-state index in [1.54, 1.807) is 24.3 Å². The molecule has 1 saturated heterocycles. The molecule has 1 heterocycles. The largest absolute Gasteiger partial charge is 0.494 e. The number of carbonyl (C=O) groups is 2. The van der Waals surface area contributed by atoms with Crippen molar-refractivity contribution in [2.45, 2.75) is 43.9 Å². The molecule has 8 heteroatoms. The second-order valence-corrected chi connectivity index (χ2v) is 7.40. The van der Waals surface area contributed by atoms with E-state index < -0.39 is 6.10 Å². The van der Waals surface area contributed by atoms with E-state index in [2.05, 4.69) is 10.6 Å². The predicted octanol–water partition coefficient (Wildman–Crippen LogP) is -0.142. The van der Waals surface area contributed by atoms with Gasteiger partial charge in [-0.3, -0.25) is 14.5 Å². The van der Waals surface area contributed by atoms with Crippen LogP contribution >= 0.6 is 0 Å². The molecule has 2 amide bonds. The molecule has 0 spiro atoms. The maximum Gasteiger partial charge on any atom is 0.251 e. The zero-order chi connectivity index (χ0) is 19.9. The zero-order valence-electron chi connectivity index (χ0n) is 16.1. The van der Waals surface area contributed by atoms with Gasteiger partial charge >= 0.3 is 0 Å². The highest BCUT2D eigenvalue weighted by Gasteiger charge is 2.37. The Morgan fingerprint density at radius 3 is 2.82 bits per heavy atom. The molecule has 3 rings (SSSR count). The van der Waals surface area contributed by atoms with Crippen molar-refractivity contribution in [3.8, 4) is 5.75 Å². The Morgan fingerprint density at radius 2 is 2.11 bits per heavy atom. The molecule has 154 valence electrons. The summed E-state index contributed by atoms with van der Waals surface area (Å²) in [5.41, 5.74) is 5.97. The van der Waals surface area contributed by atoms with E-state index >= 15 is 0 Å². The van der Waals surface area contributed by atoms with Gasteiger partial charge in [-0.25, -0.2) is 0 Å². The van der Waals surface area contributed by atoms with Crippen LogP contribution < -0.4 is 21.1 Å². The van der Waals surface area contributed by atoms with Crippen molar-refractivity contribution in [2.75, 3.05) is 32.8 Å². The van der Waals surface area contributed by atoms with Gasteiger partial charge in [-0.15, -0.1) is 0 Å². The van der Waals surface area contributed by atoms with Gasteiger partial charge in [0, 0.05) is 24.7 Å². The van der Waals surface area contributed by atoms with E-state index in [4.69, 9.17) is 10.5 Å². The first-order chi connectivity index (χ1) is 13.6. The minimum Gasteiger partial charge on any atom is -0.494 e. The number of nitrogens with zero attached hydrogens (tertiary/aromatic N) is 1. The molecule has 2 fully saturated rings. The number of ether oxygens (including phenoxy) is 1. The van der Waals surface area contributed by atoms with Crippen molar-refractivity contribution in [3.05, 3.63) is 29.8 Å². The highest BCUT2D eigenvalue weighted by atomic mass is 16.5. The maximum absolute atomic E-state index is 12.6. The molecule has 0 unspecified atom stereocenters. The summed E-state index contributed by atoms with van der Waals surface area (Å²) in [6.07, 6.45) is 2.54. The number of piperazine rings is 1. The Hall–Kier alpha value is -2.16. The van der Waals surface area contributed by atoms with Crippen molar-refractivity contribution in [1.29, 1.82) is 0 Å². The average molecular weight is 390 g/mol. The molecule has 28 heavy (non-hydrogen) atoms. The standard InChI is InChI=1S/C20H30N4O4/c21-9-2-12-28-15-7-5-14(6-8-15)20(27)23-16-3-1-4-17(19(16)26)24-11-10-22-18(25)13-24/h5-8,16-17,19,26H,1-4,9-13,21H2,(H,22,25)(H,23,27)/t16-,17-,19-/m1/s1. The van der Waals surface area contributed by atoms with Gasteiger partial charge in [-0.2, -0.15) is 0 Å². The Kier molecular flexibility index (Phi) is 7.24. The fourth-order valence-corrected chi connectivity index (χ4v) is 3.88. The summed E-state index contributed by atoms with van der Waals surface area (Å²) in [6.45, 7) is 2.74. The molecule has 2 aliphatic rings. The van der Waals surface area contributed by atoms with Crippen molar-refractivity contribution < 1.29 is 19.4 Å². The third kappa shape index (κ3) is 5.21. The lowest BCUT2D eigenvalue weighted by Gasteiger charge is -2.42. The summed E-state index contributed by atoms with van der Waals surface area (Å²) in [5, 5.41) is 16.6. The second kappa shape index (κ2) is 9.86. The van der Waals surface area contributed by atoms with E-state index in [1.807, 2.05) is 4.90 Å². The van der Waals surface area contributed by atoms with E-state index in [1.165, 1.54) is 0 Å². The third-order valence-corrected chi connectivity index (χ3v) is 5.41. The van der Waals surface area contributed by atoms with Crippen LogP contribution in [0.3, 0.4) is 0 Å². The van der Waals surface area contributed by atoms with Crippen molar-refractivity contribution >= 4 is 11.8 Å². The minimum absolute atomic E-state index is 0.0154. The molecule has 1 aromatic carbocycles. The number of nitrogens with two attached hydrogens (primary N) is 1. The van der Waals surface area contributed by atoms with E-state index in [0.29, 0.717) is 37.6 Å². The molecule has 0 radical (unpaired) electrons. The van der Waals surface area contributed by atoms with Crippen molar-refractivity contribution in [2.24, 2.45) is 5.73 Å². The van der Waals surface area contributed by atoms with E-state index in [9.17, 15) is 14.7 Å². The number of carbonyl (C=O) groups excluding carboxylic acids is 2. The molecule has 1 aromatic rings. The van der Waals surface area contributed by atoms with Crippen LogP contribution in [0.25, 0.3) is 0 Å². The van der Waals surface area contributed by atoms with E-state index in [0.717, 1.165) is 32.2 Å². The van der Waals surface area contributed by atoms with Gasteiger partial charge in [-0.1, -0.05) is 0 Å². The highest BCUT2D eigenvalue weighted by Crippen LogP contribution is 2.25. The van der Waals surface area contributed by atoms with Gasteiger partial charge in [0.25, 0.3) is 5.91 Å². The molecule has 5 N–H and O–H groups in total. The predicted molar refractivity (Wildman–Crippen MR) is 105 cm³/mol. The zero-order valence-corrected chi connectivity index (χ0v) is 16.1. The van der Waals surface area contributed by atoms with Crippen LogP contribution in [0.15, 0.2) is 24.3 Å². The normalized spacial score (nSPS) is 25.8. The number of amides is 2. The number of nitrogens with one attached hydrogen (secondary N) is 2. The quantitative estimate of drug-likeness (QED) is 0.482. The molecule has 8 nitrogen and oxygen atoms in total. The summed E-state index contributed by atoms with van der Waals surface area (Å²) in [7, 11) is 0. The third-order valence-electron chi connectivity index (χ3n) is 5.41. The smallest absolute Gasteiger partial charge is 0.251 e. The second-order valence-electron chi connectivity index (χ2n) is 7.40. The van der Waals surface area contributed by atoms with Crippen molar-refractivity contribution in [1.82, 2.24) is 15.5 Å². The Labute approximate surface area is 165 Å². The lowest BCUT2D eigenvalue weighted by molar-refractivity contribution is -0.126. The summed E-state index contributed by atoms with van der Waals surface area (Å²) in [5.74, 6) is 0.471. The Morgan fingerprint density at radius 1 is 1.32 bits per heavy atom. The van der Waals surface area contributed by atoms with E-state index in [-0.39, 0.29) is 23.9 Å². The van der Waals surface area contributed by atoms with Crippen LogP contribution in [0.1, 0.15) is 36.0 Å². The molecule has 1 saturated carbocycles. The molecule has 3 atom stereocenters. The van der Waals surface area contributed by atoms with Crippen molar-refractivity contribution in [3.63, 3.8) is 0 Å². The van der Waals surface area contributed by atoms with Gasteiger partial charge in [0.05, 0.1) is 25.3 Å². The fourth-order valence-electron chi connectivity index (χ4n) is 3.88. The fraction of sp³-hybridized carbons (Fsp3) is 0.600. The SMILES string of the molecule is NCCCOc1ccc(C(=O)N[C@@H]2CCC[C@@H](N3CCNC(=O)C3)[C@@H]2O)cc1. The summed E-state index contributed by atoms with van der Waals surface area (Å²) in [6, 6.07) is 6.53. The average Bonchev–Trinajstić information content (AvgIpc) is 2.70. The highest BCUT2D eigenvalue weighted by molar-refractivity contribution is 5.94. The molecule has 1 aliphatic carbocycles. The number of benzene rings is 1.